The number of hydrogen-bond acceptors (Lipinski definition) is 5. The van der Waals surface area contributed by atoms with Gasteiger partial charge in [-0.15, -0.1) is 0 Å². The highest BCUT2D eigenvalue weighted by molar-refractivity contribution is 8.18. The quantitative estimate of drug-likeness (QED) is 0.273. The molecule has 1 heterocycles. The monoisotopic (exact) mass is 522 g/mol. The number of carbonyl (C=O) groups is 3. The Morgan fingerprint density at radius 1 is 0.921 bits per heavy atom. The highest BCUT2D eigenvalue weighted by atomic mass is 32.2. The fraction of sp³-hybridized carbons (Fsp3) is 0.129. The van der Waals surface area contributed by atoms with Crippen LogP contribution in [0.2, 0.25) is 0 Å². The molecule has 0 spiro atoms. The largest absolute Gasteiger partial charge is 0.488 e. The molecule has 0 aliphatic carbocycles. The average Bonchev–Trinajstić information content (AvgIpc) is 3.17. The predicted molar refractivity (Wildman–Crippen MR) is 152 cm³/mol. The highest BCUT2D eigenvalue weighted by Gasteiger charge is 2.36. The van der Waals surface area contributed by atoms with E-state index in [2.05, 4.69) is 29.6 Å². The number of nitrogens with zero attached hydrogens (tertiary/aromatic N) is 1. The van der Waals surface area contributed by atoms with E-state index in [0.29, 0.717) is 23.6 Å². The van der Waals surface area contributed by atoms with Crippen LogP contribution >= 0.6 is 11.8 Å². The smallest absolute Gasteiger partial charge is 0.294 e. The Hall–Kier alpha value is -4.36. The van der Waals surface area contributed by atoms with E-state index >= 15 is 0 Å². The third kappa shape index (κ3) is 5.63. The molecule has 1 aliphatic heterocycles. The number of amides is 3. The summed E-state index contributed by atoms with van der Waals surface area (Å²) in [6.07, 6.45) is 1.64. The summed E-state index contributed by atoms with van der Waals surface area (Å²) in [6, 6.07) is 27.4. The van der Waals surface area contributed by atoms with Crippen LogP contribution in [0.25, 0.3) is 16.8 Å². The lowest BCUT2D eigenvalue weighted by Gasteiger charge is -2.14. The maximum Gasteiger partial charge on any atom is 0.294 e. The van der Waals surface area contributed by atoms with E-state index in [1.54, 1.807) is 6.08 Å². The van der Waals surface area contributed by atoms with E-state index in [1.807, 2.05) is 74.5 Å². The van der Waals surface area contributed by atoms with Crippen LogP contribution in [-0.2, 0) is 16.2 Å². The van der Waals surface area contributed by atoms with Gasteiger partial charge in [-0.3, -0.25) is 19.3 Å². The molecule has 0 bridgehead atoms. The molecule has 7 heteroatoms. The van der Waals surface area contributed by atoms with Crippen molar-refractivity contribution < 1.29 is 19.1 Å². The zero-order chi connectivity index (χ0) is 26.6. The minimum atomic E-state index is -0.500. The third-order valence-electron chi connectivity index (χ3n) is 6.26. The summed E-state index contributed by atoms with van der Waals surface area (Å²) < 4.78 is 6.10. The minimum Gasteiger partial charge on any atom is -0.488 e. The van der Waals surface area contributed by atoms with Crippen molar-refractivity contribution in [3.05, 3.63) is 112 Å². The number of ether oxygens (including phenoxy) is 1. The topological polar surface area (TPSA) is 75.7 Å². The van der Waals surface area contributed by atoms with Gasteiger partial charge in [-0.25, -0.2) is 0 Å². The van der Waals surface area contributed by atoms with Gasteiger partial charge in [-0.1, -0.05) is 66.7 Å². The van der Waals surface area contributed by atoms with Crippen molar-refractivity contribution in [1.29, 1.82) is 0 Å². The zero-order valence-corrected chi connectivity index (χ0v) is 21.9. The van der Waals surface area contributed by atoms with Crippen molar-refractivity contribution in [2.75, 3.05) is 11.9 Å². The molecule has 0 saturated carbocycles. The van der Waals surface area contributed by atoms with Gasteiger partial charge in [0.1, 0.15) is 18.9 Å². The van der Waals surface area contributed by atoms with E-state index in [1.165, 1.54) is 0 Å². The molecular weight excluding hydrogens is 496 g/mol. The zero-order valence-electron chi connectivity index (χ0n) is 21.1. The first-order valence-corrected chi connectivity index (χ1v) is 13.0. The lowest BCUT2D eigenvalue weighted by atomic mass is 10.1. The summed E-state index contributed by atoms with van der Waals surface area (Å²) in [5.41, 5.74) is 4.27. The van der Waals surface area contributed by atoms with E-state index < -0.39 is 17.1 Å². The second kappa shape index (κ2) is 10.9. The number of rotatable bonds is 7. The molecule has 0 unspecified atom stereocenters. The van der Waals surface area contributed by atoms with Gasteiger partial charge in [0.15, 0.2) is 0 Å². The number of anilines is 1. The fourth-order valence-corrected chi connectivity index (χ4v) is 5.03. The summed E-state index contributed by atoms with van der Waals surface area (Å²) in [4.78, 5) is 39.5. The second-order valence-electron chi connectivity index (χ2n) is 9.14. The van der Waals surface area contributed by atoms with Crippen molar-refractivity contribution in [1.82, 2.24) is 4.90 Å². The van der Waals surface area contributed by atoms with E-state index in [4.69, 9.17) is 4.74 Å². The Morgan fingerprint density at radius 3 is 2.53 bits per heavy atom. The van der Waals surface area contributed by atoms with Crippen molar-refractivity contribution >= 4 is 51.4 Å². The minimum absolute atomic E-state index is 0.247. The Morgan fingerprint density at radius 2 is 1.68 bits per heavy atom. The number of para-hydroxylation sites is 1. The SMILES string of the molecule is Cc1ccc(C)c(NC(=O)CN2C(=O)S/C(=C\c3ccccc3OCc3ccc4ccccc4c3)C2=O)c1. The number of thioether (sulfide) groups is 1. The number of imide groups is 1. The molecule has 1 saturated heterocycles. The van der Waals surface area contributed by atoms with E-state index in [-0.39, 0.29) is 11.4 Å². The maximum atomic E-state index is 13.0. The normalized spacial score (nSPS) is 14.4. The molecule has 1 aliphatic rings. The molecule has 1 fully saturated rings. The molecule has 38 heavy (non-hydrogen) atoms. The molecule has 4 aromatic rings. The van der Waals surface area contributed by atoms with Gasteiger partial charge in [0, 0.05) is 11.3 Å². The lowest BCUT2D eigenvalue weighted by molar-refractivity contribution is -0.127. The van der Waals surface area contributed by atoms with E-state index in [9.17, 15) is 14.4 Å². The molecule has 5 rings (SSSR count). The van der Waals surface area contributed by atoms with Crippen LogP contribution < -0.4 is 10.1 Å². The average molecular weight is 523 g/mol. The van der Waals surface area contributed by atoms with Gasteiger partial charge in [0.2, 0.25) is 5.91 Å². The Labute approximate surface area is 225 Å². The fourth-order valence-electron chi connectivity index (χ4n) is 4.20. The van der Waals surface area contributed by atoms with Crippen LogP contribution in [0.4, 0.5) is 10.5 Å². The molecule has 1 N–H and O–H groups in total. The summed E-state index contributed by atoms with van der Waals surface area (Å²) in [5.74, 6) is -0.332. The lowest BCUT2D eigenvalue weighted by Crippen LogP contribution is -2.36. The first kappa shape index (κ1) is 25.3. The van der Waals surface area contributed by atoms with Crippen molar-refractivity contribution in [2.45, 2.75) is 20.5 Å². The molecule has 190 valence electrons. The standard InChI is InChI=1S/C31H26N2O4S/c1-20-11-12-21(2)26(15-20)32-29(34)18-33-30(35)28(38-31(33)36)17-25-9-5-6-10-27(25)37-19-22-13-14-23-7-3-4-8-24(23)16-22/h3-17H,18-19H2,1-2H3,(H,32,34)/b28-17-. The predicted octanol–water partition coefficient (Wildman–Crippen LogP) is 6.71. The Kier molecular flexibility index (Phi) is 7.29. The first-order valence-electron chi connectivity index (χ1n) is 12.2. The first-order chi connectivity index (χ1) is 18.4. The summed E-state index contributed by atoms with van der Waals surface area (Å²) in [7, 11) is 0. The summed E-state index contributed by atoms with van der Waals surface area (Å²) in [6.45, 7) is 3.82. The van der Waals surface area contributed by atoms with Gasteiger partial charge in [-0.05, 0) is 77.3 Å². The van der Waals surface area contributed by atoms with Gasteiger partial charge in [-0.2, -0.15) is 0 Å². The third-order valence-corrected chi connectivity index (χ3v) is 7.16. The number of aryl methyl sites for hydroxylation is 2. The number of nitrogens with one attached hydrogen (secondary N) is 1. The van der Waals surface area contributed by atoms with Crippen LogP contribution in [0.15, 0.2) is 89.8 Å². The molecule has 0 atom stereocenters. The van der Waals surface area contributed by atoms with Gasteiger partial charge in [0.05, 0.1) is 4.91 Å². The molecule has 4 aromatic carbocycles. The van der Waals surface area contributed by atoms with Crippen LogP contribution in [0.5, 0.6) is 5.75 Å². The van der Waals surface area contributed by atoms with Crippen molar-refractivity contribution in [3.8, 4) is 5.75 Å². The number of hydrogen-bond donors (Lipinski definition) is 1. The molecule has 3 amide bonds. The van der Waals surface area contributed by atoms with Gasteiger partial charge < -0.3 is 10.1 Å². The number of fused-ring (bicyclic) bond motifs is 1. The highest BCUT2D eigenvalue weighted by Crippen LogP contribution is 2.34. The van der Waals surface area contributed by atoms with Crippen LogP contribution in [-0.4, -0.2) is 28.5 Å². The van der Waals surface area contributed by atoms with Crippen molar-refractivity contribution in [3.63, 3.8) is 0 Å². The summed E-state index contributed by atoms with van der Waals surface area (Å²) in [5, 5.41) is 4.62. The van der Waals surface area contributed by atoms with Crippen LogP contribution in [0.3, 0.4) is 0 Å². The Bertz CT molecular complexity index is 1590. The molecule has 0 aromatic heterocycles. The van der Waals surface area contributed by atoms with Gasteiger partial charge in [0.25, 0.3) is 11.1 Å². The molecular formula is C31H26N2O4S. The van der Waals surface area contributed by atoms with Crippen molar-refractivity contribution in [2.24, 2.45) is 0 Å². The maximum absolute atomic E-state index is 13.0. The molecule has 6 nitrogen and oxygen atoms in total. The van der Waals surface area contributed by atoms with Gasteiger partial charge >= 0.3 is 0 Å². The Balaban J connectivity index is 1.28. The second-order valence-corrected chi connectivity index (χ2v) is 10.1. The van der Waals surface area contributed by atoms with Crippen LogP contribution in [0, 0.1) is 13.8 Å². The van der Waals surface area contributed by atoms with Crippen LogP contribution in [0.1, 0.15) is 22.3 Å². The molecule has 0 radical (unpaired) electrons. The summed E-state index contributed by atoms with van der Waals surface area (Å²) >= 11 is 0.818. The number of benzene rings is 4. The van der Waals surface area contributed by atoms with E-state index in [0.717, 1.165) is 44.1 Å². The number of carbonyl (C=O) groups excluding carboxylic acids is 3.